The summed E-state index contributed by atoms with van der Waals surface area (Å²) >= 11 is 0. The van der Waals surface area contributed by atoms with Crippen molar-refractivity contribution in [1.82, 2.24) is 10.2 Å². The highest BCUT2D eigenvalue weighted by Gasteiger charge is 2.20. The van der Waals surface area contributed by atoms with Crippen LogP contribution in [0, 0.1) is 11.8 Å². The smallest absolute Gasteiger partial charge is 0.225 e. The lowest BCUT2D eigenvalue weighted by molar-refractivity contribution is -0.135. The first-order valence-corrected chi connectivity index (χ1v) is 6.14. The lowest BCUT2D eigenvalue weighted by Crippen LogP contribution is -2.42. The van der Waals surface area contributed by atoms with E-state index in [1.165, 1.54) is 12.8 Å². The second kappa shape index (κ2) is 6.11. The Hall–Kier alpha value is -0.570. The summed E-state index contributed by atoms with van der Waals surface area (Å²) in [4.78, 5) is 13.9. The lowest BCUT2D eigenvalue weighted by atomic mass is 9.98. The van der Waals surface area contributed by atoms with Crippen molar-refractivity contribution in [2.24, 2.45) is 11.8 Å². The Balaban J connectivity index is 2.41. The number of hydrogen-bond acceptors (Lipinski definition) is 2. The predicted molar refractivity (Wildman–Crippen MR) is 62.7 cm³/mol. The lowest BCUT2D eigenvalue weighted by Gasteiger charge is -2.30. The molecule has 88 valence electrons. The molecule has 1 aliphatic heterocycles. The van der Waals surface area contributed by atoms with Crippen molar-refractivity contribution in [2.75, 3.05) is 26.2 Å². The number of carbonyl (C=O) groups is 1. The molecular weight excluding hydrogens is 188 g/mol. The fraction of sp³-hybridized carbons (Fsp3) is 0.917. The van der Waals surface area contributed by atoms with Crippen LogP contribution in [0.15, 0.2) is 0 Å². The van der Waals surface area contributed by atoms with E-state index in [0.29, 0.717) is 11.8 Å². The summed E-state index contributed by atoms with van der Waals surface area (Å²) in [6.07, 6.45) is 2.51. The summed E-state index contributed by atoms with van der Waals surface area (Å²) < 4.78 is 0. The molecule has 0 bridgehead atoms. The normalized spacial score (nSPS) is 21.7. The van der Waals surface area contributed by atoms with Crippen LogP contribution in [0.2, 0.25) is 0 Å². The van der Waals surface area contributed by atoms with Gasteiger partial charge >= 0.3 is 0 Å². The zero-order valence-corrected chi connectivity index (χ0v) is 10.3. The Morgan fingerprint density at radius 3 is 2.73 bits per heavy atom. The second-order valence-electron chi connectivity index (χ2n) is 4.74. The maximum Gasteiger partial charge on any atom is 0.225 e. The Bertz CT molecular complexity index is 198. The molecule has 1 heterocycles. The van der Waals surface area contributed by atoms with Gasteiger partial charge < -0.3 is 10.2 Å². The molecule has 0 radical (unpaired) electrons. The largest absolute Gasteiger partial charge is 0.342 e. The number of nitrogens with one attached hydrogen (secondary N) is 1. The van der Waals surface area contributed by atoms with Crippen LogP contribution in [0.25, 0.3) is 0 Å². The quantitative estimate of drug-likeness (QED) is 0.766. The molecule has 0 spiro atoms. The number of nitrogens with zero attached hydrogens (tertiary/aromatic N) is 1. The summed E-state index contributed by atoms with van der Waals surface area (Å²) in [5.74, 6) is 1.07. The average Bonchev–Trinajstić information content (AvgIpc) is 2.26. The van der Waals surface area contributed by atoms with Gasteiger partial charge in [0, 0.05) is 19.0 Å². The summed E-state index contributed by atoms with van der Waals surface area (Å²) in [7, 11) is 0. The molecule has 0 aromatic heterocycles. The van der Waals surface area contributed by atoms with Crippen LogP contribution in [0.1, 0.15) is 33.6 Å². The second-order valence-corrected chi connectivity index (χ2v) is 4.74. The van der Waals surface area contributed by atoms with E-state index in [4.69, 9.17) is 0 Å². The number of amides is 1. The molecule has 1 atom stereocenters. The average molecular weight is 212 g/mol. The third kappa shape index (κ3) is 3.82. The zero-order valence-electron chi connectivity index (χ0n) is 10.3. The molecule has 0 saturated carbocycles. The van der Waals surface area contributed by atoms with Gasteiger partial charge in [0.2, 0.25) is 5.91 Å². The van der Waals surface area contributed by atoms with Gasteiger partial charge in [0.25, 0.3) is 0 Å². The van der Waals surface area contributed by atoms with Crippen molar-refractivity contribution < 1.29 is 4.79 Å². The Kier molecular flexibility index (Phi) is 5.09. The number of carbonyl (C=O) groups excluding carboxylic acids is 1. The first kappa shape index (κ1) is 12.5. The first-order chi connectivity index (χ1) is 7.15. The molecule has 1 rings (SSSR count). The molecule has 3 heteroatoms. The van der Waals surface area contributed by atoms with Crippen molar-refractivity contribution in [3.63, 3.8) is 0 Å². The van der Waals surface area contributed by atoms with E-state index in [2.05, 4.69) is 12.2 Å². The molecule has 0 aliphatic carbocycles. The van der Waals surface area contributed by atoms with Gasteiger partial charge in [-0.15, -0.1) is 0 Å². The monoisotopic (exact) mass is 212 g/mol. The Labute approximate surface area is 93.2 Å². The first-order valence-electron chi connectivity index (χ1n) is 6.14. The van der Waals surface area contributed by atoms with Crippen LogP contribution in [-0.4, -0.2) is 37.0 Å². The highest BCUT2D eigenvalue weighted by molar-refractivity contribution is 5.78. The van der Waals surface area contributed by atoms with Crippen LogP contribution in [-0.2, 0) is 4.79 Å². The Morgan fingerprint density at radius 2 is 2.27 bits per heavy atom. The minimum Gasteiger partial charge on any atom is -0.342 e. The van der Waals surface area contributed by atoms with Gasteiger partial charge in [0.15, 0.2) is 0 Å². The molecule has 0 aromatic rings. The predicted octanol–water partition coefficient (Wildman–Crippen LogP) is 1.49. The van der Waals surface area contributed by atoms with Crippen LogP contribution < -0.4 is 5.32 Å². The number of piperidine rings is 1. The minimum atomic E-state index is 0.126. The van der Waals surface area contributed by atoms with E-state index in [0.717, 1.165) is 26.2 Å². The summed E-state index contributed by atoms with van der Waals surface area (Å²) in [6, 6.07) is 0. The van der Waals surface area contributed by atoms with Crippen LogP contribution >= 0.6 is 0 Å². The molecule has 1 saturated heterocycles. The van der Waals surface area contributed by atoms with Gasteiger partial charge in [0.1, 0.15) is 0 Å². The van der Waals surface area contributed by atoms with E-state index in [1.807, 2.05) is 18.7 Å². The molecule has 3 nitrogen and oxygen atoms in total. The van der Waals surface area contributed by atoms with E-state index >= 15 is 0 Å². The molecule has 1 fully saturated rings. The SMILES string of the molecule is CCN(CC1CCCNC1)C(=O)C(C)C. The highest BCUT2D eigenvalue weighted by atomic mass is 16.2. The maximum absolute atomic E-state index is 11.9. The standard InChI is InChI=1S/C12H24N2O/c1-4-14(12(15)10(2)3)9-11-6-5-7-13-8-11/h10-11,13H,4-9H2,1-3H3. The highest BCUT2D eigenvalue weighted by Crippen LogP contribution is 2.13. The van der Waals surface area contributed by atoms with E-state index in [9.17, 15) is 4.79 Å². The molecule has 1 unspecified atom stereocenters. The molecule has 1 N–H and O–H groups in total. The molecule has 15 heavy (non-hydrogen) atoms. The van der Waals surface area contributed by atoms with Gasteiger partial charge in [-0.05, 0) is 38.8 Å². The molecule has 1 amide bonds. The van der Waals surface area contributed by atoms with Crippen LogP contribution in [0.5, 0.6) is 0 Å². The molecule has 1 aliphatic rings. The van der Waals surface area contributed by atoms with Crippen molar-refractivity contribution in [3.05, 3.63) is 0 Å². The third-order valence-corrected chi connectivity index (χ3v) is 3.06. The number of hydrogen-bond donors (Lipinski definition) is 1. The van der Waals surface area contributed by atoms with Gasteiger partial charge in [-0.25, -0.2) is 0 Å². The van der Waals surface area contributed by atoms with E-state index < -0.39 is 0 Å². The van der Waals surface area contributed by atoms with Gasteiger partial charge in [0.05, 0.1) is 0 Å². The van der Waals surface area contributed by atoms with Crippen molar-refractivity contribution in [1.29, 1.82) is 0 Å². The summed E-state index contributed by atoms with van der Waals surface area (Å²) in [6.45, 7) is 10.0. The van der Waals surface area contributed by atoms with Crippen molar-refractivity contribution in [3.8, 4) is 0 Å². The van der Waals surface area contributed by atoms with E-state index in [1.54, 1.807) is 0 Å². The summed E-state index contributed by atoms with van der Waals surface area (Å²) in [5, 5.41) is 3.39. The van der Waals surface area contributed by atoms with Gasteiger partial charge in [-0.3, -0.25) is 4.79 Å². The zero-order chi connectivity index (χ0) is 11.3. The Morgan fingerprint density at radius 1 is 1.53 bits per heavy atom. The number of rotatable bonds is 4. The maximum atomic E-state index is 11.9. The minimum absolute atomic E-state index is 0.126. The van der Waals surface area contributed by atoms with Gasteiger partial charge in [-0.2, -0.15) is 0 Å². The fourth-order valence-corrected chi connectivity index (χ4v) is 2.13. The van der Waals surface area contributed by atoms with Crippen molar-refractivity contribution in [2.45, 2.75) is 33.6 Å². The fourth-order valence-electron chi connectivity index (χ4n) is 2.13. The molecule has 0 aromatic carbocycles. The van der Waals surface area contributed by atoms with Crippen molar-refractivity contribution >= 4 is 5.91 Å². The summed E-state index contributed by atoms with van der Waals surface area (Å²) in [5.41, 5.74) is 0. The van der Waals surface area contributed by atoms with Crippen LogP contribution in [0.4, 0.5) is 0 Å². The third-order valence-electron chi connectivity index (χ3n) is 3.06. The van der Waals surface area contributed by atoms with Crippen LogP contribution in [0.3, 0.4) is 0 Å². The van der Waals surface area contributed by atoms with Gasteiger partial charge in [-0.1, -0.05) is 13.8 Å². The topological polar surface area (TPSA) is 32.3 Å². The van der Waals surface area contributed by atoms with E-state index in [-0.39, 0.29) is 5.92 Å². The molecular formula is C12H24N2O.